The molecule has 1 heterocycles. The Kier molecular flexibility index (Phi) is 4.85. The van der Waals surface area contributed by atoms with Crippen molar-refractivity contribution in [3.63, 3.8) is 0 Å². The van der Waals surface area contributed by atoms with Gasteiger partial charge in [-0.25, -0.2) is 0 Å². The summed E-state index contributed by atoms with van der Waals surface area (Å²) in [5, 5.41) is 3.18. The van der Waals surface area contributed by atoms with Crippen LogP contribution >= 0.6 is 0 Å². The fourth-order valence-electron chi connectivity index (χ4n) is 3.44. The average molecular weight is 267 g/mol. The first-order valence-corrected chi connectivity index (χ1v) is 7.81. The Morgan fingerprint density at radius 1 is 1.37 bits per heavy atom. The Balaban J connectivity index is 1.81. The lowest BCUT2D eigenvalue weighted by Gasteiger charge is -2.32. The maximum absolute atomic E-state index is 12.4. The largest absolute Gasteiger partial charge is 0.352 e. The number of hydrogen-bond acceptors (Lipinski definition) is 3. The van der Waals surface area contributed by atoms with E-state index in [0.29, 0.717) is 0 Å². The molecule has 2 fully saturated rings. The first-order chi connectivity index (χ1) is 9.02. The van der Waals surface area contributed by atoms with Gasteiger partial charge in [0.1, 0.15) is 0 Å². The van der Waals surface area contributed by atoms with Crippen molar-refractivity contribution < 1.29 is 4.79 Å². The second-order valence-electron chi connectivity index (χ2n) is 6.65. The van der Waals surface area contributed by atoms with E-state index in [4.69, 9.17) is 5.73 Å². The second-order valence-corrected chi connectivity index (χ2v) is 6.65. The van der Waals surface area contributed by atoms with Crippen LogP contribution in [0.3, 0.4) is 0 Å². The molecule has 0 bridgehead atoms. The Morgan fingerprint density at radius 2 is 2.05 bits per heavy atom. The van der Waals surface area contributed by atoms with Gasteiger partial charge in [-0.1, -0.05) is 12.8 Å². The monoisotopic (exact) mass is 267 g/mol. The summed E-state index contributed by atoms with van der Waals surface area (Å²) in [4.78, 5) is 14.9. The molecule has 4 nitrogen and oxygen atoms in total. The van der Waals surface area contributed by atoms with Crippen molar-refractivity contribution in [1.82, 2.24) is 10.2 Å². The molecule has 0 aromatic heterocycles. The zero-order valence-electron chi connectivity index (χ0n) is 12.5. The predicted octanol–water partition coefficient (Wildman–Crippen LogP) is 1.49. The van der Waals surface area contributed by atoms with Gasteiger partial charge < -0.3 is 16.0 Å². The van der Waals surface area contributed by atoms with E-state index in [0.717, 1.165) is 25.8 Å². The molecular weight excluding hydrogens is 238 g/mol. The lowest BCUT2D eigenvalue weighted by molar-refractivity contribution is -0.131. The average Bonchev–Trinajstić information content (AvgIpc) is 2.72. The van der Waals surface area contributed by atoms with E-state index in [-0.39, 0.29) is 23.4 Å². The molecule has 1 aliphatic heterocycles. The molecule has 3 atom stereocenters. The van der Waals surface area contributed by atoms with Gasteiger partial charge in [0.15, 0.2) is 0 Å². The van der Waals surface area contributed by atoms with E-state index < -0.39 is 0 Å². The number of rotatable bonds is 4. The van der Waals surface area contributed by atoms with Crippen LogP contribution in [-0.2, 0) is 4.79 Å². The van der Waals surface area contributed by atoms with Crippen LogP contribution in [0.1, 0.15) is 52.4 Å². The van der Waals surface area contributed by atoms with Crippen molar-refractivity contribution in [1.29, 1.82) is 0 Å². The van der Waals surface area contributed by atoms with Crippen LogP contribution < -0.4 is 11.1 Å². The van der Waals surface area contributed by atoms with Crippen molar-refractivity contribution in [2.24, 2.45) is 11.1 Å². The molecule has 3 N–H and O–H groups in total. The molecule has 1 saturated carbocycles. The molecule has 19 heavy (non-hydrogen) atoms. The third-order valence-corrected chi connectivity index (χ3v) is 4.91. The van der Waals surface area contributed by atoms with Crippen LogP contribution in [0.2, 0.25) is 0 Å². The standard InChI is InChI=1S/C15H29N3O/c1-12(11-18-9-4-3-5-10-18)17-14(19)15(2)8-6-7-13(15)16/h12-13H,3-11,16H2,1-2H3,(H,17,19). The number of carbonyl (C=O) groups is 1. The number of amides is 1. The molecular formula is C15H29N3O. The number of nitrogens with one attached hydrogen (secondary N) is 1. The molecule has 1 saturated heterocycles. The normalized spacial score (nSPS) is 34.2. The highest BCUT2D eigenvalue weighted by Crippen LogP contribution is 2.36. The van der Waals surface area contributed by atoms with Gasteiger partial charge in [-0.2, -0.15) is 0 Å². The maximum Gasteiger partial charge on any atom is 0.227 e. The summed E-state index contributed by atoms with van der Waals surface area (Å²) in [5.74, 6) is 0.155. The molecule has 2 aliphatic rings. The second kappa shape index (κ2) is 6.23. The van der Waals surface area contributed by atoms with E-state index >= 15 is 0 Å². The smallest absolute Gasteiger partial charge is 0.227 e. The molecule has 2 rings (SSSR count). The highest BCUT2D eigenvalue weighted by Gasteiger charge is 2.43. The number of nitrogens with zero attached hydrogens (tertiary/aromatic N) is 1. The molecule has 0 spiro atoms. The zero-order chi connectivity index (χ0) is 13.9. The highest BCUT2D eigenvalue weighted by atomic mass is 16.2. The van der Waals surface area contributed by atoms with Crippen LogP contribution in [0.25, 0.3) is 0 Å². The summed E-state index contributed by atoms with van der Waals surface area (Å²) in [7, 11) is 0. The van der Waals surface area contributed by atoms with E-state index in [2.05, 4.69) is 17.1 Å². The topological polar surface area (TPSA) is 58.4 Å². The van der Waals surface area contributed by atoms with E-state index in [9.17, 15) is 4.79 Å². The lowest BCUT2D eigenvalue weighted by Crippen LogP contribution is -2.52. The maximum atomic E-state index is 12.4. The Hall–Kier alpha value is -0.610. The Labute approximate surface area is 117 Å². The summed E-state index contributed by atoms with van der Waals surface area (Å²) in [6, 6.07) is 0.241. The van der Waals surface area contributed by atoms with Gasteiger partial charge in [0.05, 0.1) is 5.41 Å². The summed E-state index contributed by atoms with van der Waals surface area (Å²) < 4.78 is 0. The molecule has 110 valence electrons. The summed E-state index contributed by atoms with van der Waals surface area (Å²) in [6.45, 7) is 7.45. The third kappa shape index (κ3) is 3.48. The number of piperidine rings is 1. The van der Waals surface area contributed by atoms with Crippen molar-refractivity contribution >= 4 is 5.91 Å². The quantitative estimate of drug-likeness (QED) is 0.811. The van der Waals surface area contributed by atoms with Crippen LogP contribution in [0, 0.1) is 5.41 Å². The van der Waals surface area contributed by atoms with Gasteiger partial charge >= 0.3 is 0 Å². The summed E-state index contributed by atoms with van der Waals surface area (Å²) in [5.41, 5.74) is 5.75. The molecule has 1 amide bonds. The zero-order valence-corrected chi connectivity index (χ0v) is 12.5. The molecule has 0 aromatic carbocycles. The van der Waals surface area contributed by atoms with Gasteiger partial charge in [0, 0.05) is 18.6 Å². The molecule has 4 heteroatoms. The van der Waals surface area contributed by atoms with Gasteiger partial charge in [-0.15, -0.1) is 0 Å². The molecule has 0 aromatic rings. The number of likely N-dealkylation sites (tertiary alicyclic amines) is 1. The van der Waals surface area contributed by atoms with Gasteiger partial charge in [-0.05, 0) is 52.6 Å². The van der Waals surface area contributed by atoms with Gasteiger partial charge in [0.2, 0.25) is 5.91 Å². The predicted molar refractivity (Wildman–Crippen MR) is 77.8 cm³/mol. The van der Waals surface area contributed by atoms with E-state index in [1.54, 1.807) is 0 Å². The fraction of sp³-hybridized carbons (Fsp3) is 0.933. The summed E-state index contributed by atoms with van der Waals surface area (Å²) >= 11 is 0. The van der Waals surface area contributed by atoms with Crippen molar-refractivity contribution in [3.8, 4) is 0 Å². The van der Waals surface area contributed by atoms with Crippen molar-refractivity contribution in [2.45, 2.75) is 64.5 Å². The first-order valence-electron chi connectivity index (χ1n) is 7.81. The Morgan fingerprint density at radius 3 is 2.63 bits per heavy atom. The summed E-state index contributed by atoms with van der Waals surface area (Å²) in [6.07, 6.45) is 6.92. The third-order valence-electron chi connectivity index (χ3n) is 4.91. The number of nitrogens with two attached hydrogens (primary N) is 1. The van der Waals surface area contributed by atoms with Crippen LogP contribution in [0.15, 0.2) is 0 Å². The van der Waals surface area contributed by atoms with Gasteiger partial charge in [0.25, 0.3) is 0 Å². The fourth-order valence-corrected chi connectivity index (χ4v) is 3.44. The highest BCUT2D eigenvalue weighted by molar-refractivity contribution is 5.83. The minimum atomic E-state index is -0.351. The minimum absolute atomic E-state index is 0.0229. The van der Waals surface area contributed by atoms with Crippen LogP contribution in [0.4, 0.5) is 0 Å². The van der Waals surface area contributed by atoms with Crippen LogP contribution in [-0.4, -0.2) is 42.5 Å². The van der Waals surface area contributed by atoms with E-state index in [1.165, 1.54) is 32.4 Å². The molecule has 0 radical (unpaired) electrons. The Bertz CT molecular complexity index is 315. The van der Waals surface area contributed by atoms with Crippen LogP contribution in [0.5, 0.6) is 0 Å². The number of hydrogen-bond donors (Lipinski definition) is 2. The number of carbonyl (C=O) groups excluding carboxylic acids is 1. The molecule has 3 unspecified atom stereocenters. The molecule has 1 aliphatic carbocycles. The minimum Gasteiger partial charge on any atom is -0.352 e. The first kappa shape index (κ1) is 14.8. The lowest BCUT2D eigenvalue weighted by atomic mass is 9.84. The van der Waals surface area contributed by atoms with Gasteiger partial charge in [-0.3, -0.25) is 4.79 Å². The van der Waals surface area contributed by atoms with Crippen molar-refractivity contribution in [2.75, 3.05) is 19.6 Å². The SMILES string of the molecule is CC(CN1CCCCC1)NC(=O)C1(C)CCCC1N. The van der Waals surface area contributed by atoms with Crippen molar-refractivity contribution in [3.05, 3.63) is 0 Å². The van der Waals surface area contributed by atoms with E-state index in [1.807, 2.05) is 6.92 Å².